The smallest absolute Gasteiger partial charge is 0.233 e. The molecule has 12 unspecified atom stereocenters. The Labute approximate surface area is 300 Å². The Morgan fingerprint density at radius 1 is 0.673 bits per heavy atom. The first kappa shape index (κ1) is 43.4. The Morgan fingerprint density at radius 3 is 1.98 bits per heavy atom. The number of carbonyl (C=O) groups excluding carboxylic acids is 1. The van der Waals surface area contributed by atoms with Crippen molar-refractivity contribution in [2.24, 2.45) is 17.5 Å². The molecule has 15 N–H and O–H groups in total. The summed E-state index contributed by atoms with van der Waals surface area (Å²) in [4.78, 5) is 11.3. The highest BCUT2D eigenvalue weighted by Crippen LogP contribution is 2.36. The van der Waals surface area contributed by atoms with Crippen molar-refractivity contribution in [2.45, 2.75) is 162 Å². The molecule has 0 spiro atoms. The van der Waals surface area contributed by atoms with Gasteiger partial charge >= 0.3 is 0 Å². The summed E-state index contributed by atoms with van der Waals surface area (Å²) in [6.07, 6.45) is -24.5. The molecular formula is C31H57N3O18. The van der Waals surface area contributed by atoms with Gasteiger partial charge < -0.3 is 90.0 Å². The quantitative estimate of drug-likeness (QED) is 0.0319. The molecule has 0 aromatic heterocycles. The summed E-state index contributed by atoms with van der Waals surface area (Å²) in [6, 6.07) is -1.25. The van der Waals surface area contributed by atoms with Gasteiger partial charge in [0.25, 0.3) is 0 Å². The predicted molar refractivity (Wildman–Crippen MR) is 171 cm³/mol. The van der Waals surface area contributed by atoms with Crippen LogP contribution in [0.4, 0.5) is 0 Å². The molecule has 21 nitrogen and oxygen atoms in total. The molecule has 3 heterocycles. The maximum atomic E-state index is 11.3. The van der Waals surface area contributed by atoms with E-state index >= 15 is 0 Å². The number of ether oxygens (including phenoxy) is 7. The standard InChI is InChI=1S/C31H57N3O18/c1-11-18(38)22(42)24(44)30(48-11)52-28-23(43)21(41)15(10-36)50-31(28)51-26-17(32)14(8-13(9-35)20(26)40)49-27-19(39)12(2)47-29(25(27)45)46-7-5-3-4-6-16(37)34-33/h11-15,17-31,35-36,38-45H,3-10,32-33H2,1-2H3,(H,34,37)/t11?,12?,13?,14-,15?,17?,18-,19-,20+,21-,22?,23?,24?,25?,26?,27?,28?,29+,30-,31-/m0/s1. The zero-order valence-electron chi connectivity index (χ0n) is 29.1. The average Bonchev–Trinajstić information content (AvgIpc) is 3.13. The van der Waals surface area contributed by atoms with E-state index in [9.17, 15) is 55.9 Å². The lowest BCUT2D eigenvalue weighted by atomic mass is 9.79. The summed E-state index contributed by atoms with van der Waals surface area (Å²) in [6.45, 7) is 1.74. The molecule has 52 heavy (non-hydrogen) atoms. The van der Waals surface area contributed by atoms with Gasteiger partial charge in [-0.05, 0) is 33.1 Å². The molecule has 0 radical (unpaired) electrons. The van der Waals surface area contributed by atoms with Gasteiger partial charge in [-0.3, -0.25) is 10.2 Å². The number of hydrazine groups is 1. The molecule has 0 aromatic rings. The lowest BCUT2D eigenvalue weighted by Crippen LogP contribution is -2.67. The van der Waals surface area contributed by atoms with Gasteiger partial charge in [0.1, 0.15) is 67.1 Å². The van der Waals surface area contributed by atoms with Crippen LogP contribution in [0.15, 0.2) is 0 Å². The Hall–Kier alpha value is -1.29. The van der Waals surface area contributed by atoms with Crippen molar-refractivity contribution in [2.75, 3.05) is 19.8 Å². The fraction of sp³-hybridized carbons (Fsp3) is 0.968. The maximum Gasteiger partial charge on any atom is 0.233 e. The van der Waals surface area contributed by atoms with Crippen LogP contribution in [0, 0.1) is 5.92 Å². The predicted octanol–water partition coefficient (Wildman–Crippen LogP) is -6.49. The number of hydrogen-bond donors (Lipinski definition) is 13. The topological polar surface area (TPSA) is 348 Å². The van der Waals surface area contributed by atoms with Gasteiger partial charge in [0.05, 0.1) is 37.1 Å². The second-order valence-corrected chi connectivity index (χ2v) is 13.9. The molecule has 304 valence electrons. The number of aliphatic hydroxyl groups is 10. The van der Waals surface area contributed by atoms with Crippen molar-refractivity contribution in [3.63, 3.8) is 0 Å². The number of hydrogen-bond acceptors (Lipinski definition) is 20. The van der Waals surface area contributed by atoms with Crippen LogP contribution < -0.4 is 17.0 Å². The highest BCUT2D eigenvalue weighted by molar-refractivity contribution is 5.75. The van der Waals surface area contributed by atoms with Crippen molar-refractivity contribution in [1.82, 2.24) is 5.43 Å². The third-order valence-corrected chi connectivity index (χ3v) is 10.2. The van der Waals surface area contributed by atoms with Crippen LogP contribution in [0.3, 0.4) is 0 Å². The Bertz CT molecular complexity index is 1100. The summed E-state index contributed by atoms with van der Waals surface area (Å²) in [5, 5.41) is 106. The van der Waals surface area contributed by atoms with E-state index in [1.54, 1.807) is 6.92 Å². The van der Waals surface area contributed by atoms with Crippen LogP contribution in [0.5, 0.6) is 0 Å². The van der Waals surface area contributed by atoms with Crippen LogP contribution in [-0.2, 0) is 38.0 Å². The largest absolute Gasteiger partial charge is 0.396 e. The second-order valence-electron chi connectivity index (χ2n) is 13.9. The number of amides is 1. The van der Waals surface area contributed by atoms with Crippen molar-refractivity contribution in [1.29, 1.82) is 0 Å². The van der Waals surface area contributed by atoms with Crippen molar-refractivity contribution in [3.05, 3.63) is 0 Å². The Kier molecular flexibility index (Phi) is 16.3. The van der Waals surface area contributed by atoms with Gasteiger partial charge in [-0.15, -0.1) is 0 Å². The molecule has 3 aliphatic heterocycles. The second kappa shape index (κ2) is 19.5. The number of unbranched alkanes of at least 4 members (excludes halogenated alkanes) is 2. The van der Waals surface area contributed by atoms with E-state index in [-0.39, 0.29) is 25.4 Å². The van der Waals surface area contributed by atoms with E-state index in [4.69, 9.17) is 44.7 Å². The lowest BCUT2D eigenvalue weighted by molar-refractivity contribution is -0.375. The first-order valence-corrected chi connectivity index (χ1v) is 17.6. The average molecular weight is 760 g/mol. The molecule has 1 aliphatic carbocycles. The number of carbonyl (C=O) groups is 1. The summed E-state index contributed by atoms with van der Waals surface area (Å²) < 4.78 is 40.6. The van der Waals surface area contributed by atoms with Crippen molar-refractivity contribution < 1.29 is 89.0 Å². The van der Waals surface area contributed by atoms with Crippen LogP contribution >= 0.6 is 0 Å². The minimum Gasteiger partial charge on any atom is -0.396 e. The lowest BCUT2D eigenvalue weighted by Gasteiger charge is -2.50. The van der Waals surface area contributed by atoms with E-state index in [0.717, 1.165) is 0 Å². The molecule has 20 atom stereocenters. The monoisotopic (exact) mass is 759 g/mol. The van der Waals surface area contributed by atoms with Crippen LogP contribution in [0.2, 0.25) is 0 Å². The summed E-state index contributed by atoms with van der Waals surface area (Å²) in [5.74, 6) is 3.86. The molecule has 4 aliphatic rings. The van der Waals surface area contributed by atoms with Gasteiger partial charge in [-0.1, -0.05) is 6.42 Å². The van der Waals surface area contributed by atoms with Crippen molar-refractivity contribution in [3.8, 4) is 0 Å². The SMILES string of the molecule is CC1O[C@@H](OC2C(O)[C@@H](O)C(CO)O[C@H]2OC2C(N)[C@@H](OC3C(O)[C@H](OCCCCCC(=O)NN)OC(C)[C@@H]3O)CC(CO)[C@H]2O)C(O)C(O)[C@H]1O. The number of rotatable bonds is 15. The fourth-order valence-corrected chi connectivity index (χ4v) is 6.88. The summed E-state index contributed by atoms with van der Waals surface area (Å²) >= 11 is 0. The fourth-order valence-electron chi connectivity index (χ4n) is 6.88. The third kappa shape index (κ3) is 9.92. The van der Waals surface area contributed by atoms with E-state index < -0.39 is 136 Å². The molecule has 1 saturated carbocycles. The molecule has 4 fully saturated rings. The minimum atomic E-state index is -1.85. The number of aliphatic hydroxyl groups excluding tert-OH is 10. The first-order valence-electron chi connectivity index (χ1n) is 17.6. The molecule has 1 amide bonds. The van der Waals surface area contributed by atoms with Crippen LogP contribution in [-0.4, -0.2) is 193 Å². The van der Waals surface area contributed by atoms with E-state index in [1.165, 1.54) is 6.92 Å². The van der Waals surface area contributed by atoms with Gasteiger partial charge in [-0.25, -0.2) is 5.84 Å². The number of nitrogens with two attached hydrogens (primary N) is 2. The Balaban J connectivity index is 1.48. The maximum absolute atomic E-state index is 11.3. The highest BCUT2D eigenvalue weighted by atomic mass is 16.8. The van der Waals surface area contributed by atoms with Gasteiger partial charge in [-0.2, -0.15) is 0 Å². The molecule has 3 saturated heterocycles. The third-order valence-electron chi connectivity index (χ3n) is 10.2. The van der Waals surface area contributed by atoms with E-state index in [1.807, 2.05) is 0 Å². The molecular weight excluding hydrogens is 702 g/mol. The highest BCUT2D eigenvalue weighted by Gasteiger charge is 2.54. The van der Waals surface area contributed by atoms with Crippen LogP contribution in [0.25, 0.3) is 0 Å². The first-order chi connectivity index (χ1) is 24.6. The van der Waals surface area contributed by atoms with Crippen molar-refractivity contribution >= 4 is 5.91 Å². The summed E-state index contributed by atoms with van der Waals surface area (Å²) in [5.41, 5.74) is 8.63. The minimum absolute atomic E-state index is 0.0575. The van der Waals surface area contributed by atoms with E-state index in [0.29, 0.717) is 19.3 Å². The Morgan fingerprint density at radius 2 is 1.33 bits per heavy atom. The molecule has 0 bridgehead atoms. The van der Waals surface area contributed by atoms with Gasteiger partial charge in [0.15, 0.2) is 18.9 Å². The van der Waals surface area contributed by atoms with Gasteiger partial charge in [0, 0.05) is 25.6 Å². The number of nitrogens with one attached hydrogen (secondary N) is 1. The molecule has 4 rings (SSSR count). The summed E-state index contributed by atoms with van der Waals surface area (Å²) in [7, 11) is 0. The van der Waals surface area contributed by atoms with Gasteiger partial charge in [0.2, 0.25) is 5.91 Å². The zero-order valence-corrected chi connectivity index (χ0v) is 29.1. The zero-order chi connectivity index (χ0) is 38.4. The molecule has 21 heteroatoms. The normalized spacial score (nSPS) is 47.3. The van der Waals surface area contributed by atoms with Crippen LogP contribution in [0.1, 0.15) is 46.0 Å². The molecule has 0 aromatic carbocycles. The van der Waals surface area contributed by atoms with E-state index in [2.05, 4.69) is 5.43 Å².